The van der Waals surface area contributed by atoms with Crippen LogP contribution < -0.4 is 9.47 Å². The Labute approximate surface area is 165 Å². The summed E-state index contributed by atoms with van der Waals surface area (Å²) < 4.78 is 11.0. The fourth-order valence-electron chi connectivity index (χ4n) is 2.81. The van der Waals surface area contributed by atoms with E-state index in [-0.39, 0.29) is 11.7 Å². The van der Waals surface area contributed by atoms with Crippen LogP contribution in [0.1, 0.15) is 31.8 Å². The minimum absolute atomic E-state index is 0.108. The summed E-state index contributed by atoms with van der Waals surface area (Å²) in [4.78, 5) is 26.0. The number of ketones is 1. The summed E-state index contributed by atoms with van der Waals surface area (Å²) in [5.41, 5.74) is 2.67. The number of ether oxygens (including phenoxy) is 2. The number of methoxy groups -OCH3 is 2. The maximum atomic E-state index is 12.6. The summed E-state index contributed by atoms with van der Waals surface area (Å²) in [6.45, 7) is 3.76. The molecule has 0 spiro atoms. The molecule has 5 nitrogen and oxygen atoms in total. The van der Waals surface area contributed by atoms with Gasteiger partial charge >= 0.3 is 0 Å². The lowest BCUT2D eigenvalue weighted by atomic mass is 10.0. The first-order valence-corrected chi connectivity index (χ1v) is 8.81. The predicted octanol–water partition coefficient (Wildman–Crippen LogP) is 4.03. The number of carbonyl (C=O) groups is 2. The van der Waals surface area contributed by atoms with Gasteiger partial charge in [-0.05, 0) is 42.3 Å². The van der Waals surface area contributed by atoms with Crippen LogP contribution in [0.2, 0.25) is 0 Å². The summed E-state index contributed by atoms with van der Waals surface area (Å²) in [6, 6.07) is 10.3. The zero-order valence-corrected chi connectivity index (χ0v) is 16.7. The molecule has 5 heteroatoms. The van der Waals surface area contributed by atoms with Crippen molar-refractivity contribution in [3.05, 3.63) is 77.4 Å². The molecule has 0 aliphatic rings. The Hall–Kier alpha value is -3.34. The average Bonchev–Trinajstić information content (AvgIpc) is 2.71. The van der Waals surface area contributed by atoms with Crippen molar-refractivity contribution in [2.24, 2.45) is 0 Å². The largest absolute Gasteiger partial charge is 0.496 e. The van der Waals surface area contributed by atoms with E-state index in [0.717, 1.165) is 5.56 Å². The summed E-state index contributed by atoms with van der Waals surface area (Å²) >= 11 is 0. The molecular formula is C23H25NO4. The van der Waals surface area contributed by atoms with Gasteiger partial charge in [0.2, 0.25) is 0 Å². The van der Waals surface area contributed by atoms with Crippen molar-refractivity contribution in [3.8, 4) is 11.5 Å². The van der Waals surface area contributed by atoms with Gasteiger partial charge in [0.15, 0.2) is 5.78 Å². The van der Waals surface area contributed by atoms with Crippen LogP contribution in [0.15, 0.2) is 55.1 Å². The Morgan fingerprint density at radius 2 is 1.64 bits per heavy atom. The van der Waals surface area contributed by atoms with E-state index >= 15 is 0 Å². The molecule has 0 heterocycles. The van der Waals surface area contributed by atoms with Gasteiger partial charge in [0, 0.05) is 25.2 Å². The lowest BCUT2D eigenvalue weighted by Crippen LogP contribution is -2.21. The first-order valence-electron chi connectivity index (χ1n) is 8.81. The first-order chi connectivity index (χ1) is 13.4. The smallest absolute Gasteiger partial charge is 0.253 e. The monoisotopic (exact) mass is 379 g/mol. The van der Waals surface area contributed by atoms with E-state index < -0.39 is 0 Å². The molecule has 0 aromatic heterocycles. The molecule has 0 radical (unpaired) electrons. The van der Waals surface area contributed by atoms with E-state index in [1.54, 1.807) is 64.7 Å². The molecule has 1 amide bonds. The predicted molar refractivity (Wildman–Crippen MR) is 111 cm³/mol. The number of hydrogen-bond donors (Lipinski definition) is 0. The third-order valence-corrected chi connectivity index (χ3v) is 4.25. The molecule has 0 saturated carbocycles. The van der Waals surface area contributed by atoms with Crippen LogP contribution in [0.25, 0.3) is 6.08 Å². The van der Waals surface area contributed by atoms with Crippen molar-refractivity contribution in [1.29, 1.82) is 0 Å². The van der Waals surface area contributed by atoms with Gasteiger partial charge in [-0.1, -0.05) is 24.3 Å². The highest BCUT2D eigenvalue weighted by atomic mass is 16.5. The zero-order chi connectivity index (χ0) is 20.7. The second kappa shape index (κ2) is 9.55. The van der Waals surface area contributed by atoms with E-state index in [1.807, 2.05) is 12.1 Å². The van der Waals surface area contributed by atoms with Crippen LogP contribution in [0.5, 0.6) is 11.5 Å². The van der Waals surface area contributed by atoms with Crippen molar-refractivity contribution in [3.63, 3.8) is 0 Å². The van der Waals surface area contributed by atoms with Crippen molar-refractivity contribution in [2.75, 3.05) is 28.3 Å². The highest BCUT2D eigenvalue weighted by Crippen LogP contribution is 2.34. The SMILES string of the molecule is C=CCc1ccc(OC)c(C=CC(=O)c2ccc(C(=O)N(C)C)cc2)c1OC. The molecular weight excluding hydrogens is 354 g/mol. The summed E-state index contributed by atoms with van der Waals surface area (Å²) in [5.74, 6) is 0.973. The summed E-state index contributed by atoms with van der Waals surface area (Å²) in [6.07, 6.45) is 5.59. The van der Waals surface area contributed by atoms with Crippen LogP contribution in [0.3, 0.4) is 0 Å². The number of benzene rings is 2. The number of nitrogens with zero attached hydrogens (tertiary/aromatic N) is 1. The van der Waals surface area contributed by atoms with Crippen molar-refractivity contribution in [1.82, 2.24) is 4.90 Å². The van der Waals surface area contributed by atoms with Gasteiger partial charge in [0.05, 0.1) is 19.8 Å². The second-order valence-electron chi connectivity index (χ2n) is 6.34. The molecule has 28 heavy (non-hydrogen) atoms. The van der Waals surface area contributed by atoms with Gasteiger partial charge in [-0.25, -0.2) is 0 Å². The summed E-state index contributed by atoms with van der Waals surface area (Å²) in [7, 11) is 6.53. The molecule has 0 saturated heterocycles. The second-order valence-corrected chi connectivity index (χ2v) is 6.34. The molecule has 2 aromatic carbocycles. The molecule has 2 rings (SSSR count). The number of rotatable bonds is 8. The fraction of sp³-hybridized carbons (Fsp3) is 0.217. The van der Waals surface area contributed by atoms with Gasteiger partial charge < -0.3 is 14.4 Å². The summed E-state index contributed by atoms with van der Waals surface area (Å²) in [5, 5.41) is 0. The van der Waals surface area contributed by atoms with Gasteiger partial charge in [-0.15, -0.1) is 6.58 Å². The number of amides is 1. The van der Waals surface area contributed by atoms with Crippen molar-refractivity contribution < 1.29 is 19.1 Å². The van der Waals surface area contributed by atoms with Crippen LogP contribution >= 0.6 is 0 Å². The van der Waals surface area contributed by atoms with E-state index in [0.29, 0.717) is 34.6 Å². The third-order valence-electron chi connectivity index (χ3n) is 4.25. The fourth-order valence-corrected chi connectivity index (χ4v) is 2.81. The third kappa shape index (κ3) is 4.68. The molecule has 0 bridgehead atoms. The Morgan fingerprint density at radius 3 is 2.18 bits per heavy atom. The van der Waals surface area contributed by atoms with Gasteiger partial charge in [-0.3, -0.25) is 9.59 Å². The minimum Gasteiger partial charge on any atom is -0.496 e. The topological polar surface area (TPSA) is 55.8 Å². The zero-order valence-electron chi connectivity index (χ0n) is 16.7. The molecule has 0 aliphatic heterocycles. The number of hydrogen-bond acceptors (Lipinski definition) is 4. The van der Waals surface area contributed by atoms with Gasteiger partial charge in [0.25, 0.3) is 5.91 Å². The lowest BCUT2D eigenvalue weighted by molar-refractivity contribution is 0.0827. The number of carbonyl (C=O) groups excluding carboxylic acids is 2. The average molecular weight is 379 g/mol. The maximum absolute atomic E-state index is 12.6. The van der Waals surface area contributed by atoms with E-state index in [9.17, 15) is 9.59 Å². The first kappa shape index (κ1) is 21.0. The number of allylic oxidation sites excluding steroid dienone is 2. The quantitative estimate of drug-likeness (QED) is 0.395. The highest BCUT2D eigenvalue weighted by molar-refractivity contribution is 6.07. The Kier molecular flexibility index (Phi) is 7.15. The normalized spacial score (nSPS) is 10.6. The van der Waals surface area contributed by atoms with Crippen LogP contribution in [-0.4, -0.2) is 44.9 Å². The molecule has 2 aromatic rings. The van der Waals surface area contributed by atoms with Crippen molar-refractivity contribution >= 4 is 17.8 Å². The molecule has 0 atom stereocenters. The van der Waals surface area contributed by atoms with E-state index in [2.05, 4.69) is 6.58 Å². The Balaban J connectivity index is 2.32. The Bertz CT molecular complexity index is 896. The van der Waals surface area contributed by atoms with E-state index in [4.69, 9.17) is 9.47 Å². The van der Waals surface area contributed by atoms with Gasteiger partial charge in [0.1, 0.15) is 11.5 Å². The maximum Gasteiger partial charge on any atom is 0.253 e. The van der Waals surface area contributed by atoms with Gasteiger partial charge in [-0.2, -0.15) is 0 Å². The van der Waals surface area contributed by atoms with Crippen molar-refractivity contribution in [2.45, 2.75) is 6.42 Å². The molecule has 0 fully saturated rings. The molecule has 146 valence electrons. The van der Waals surface area contributed by atoms with Crippen LogP contribution in [-0.2, 0) is 6.42 Å². The molecule has 0 unspecified atom stereocenters. The molecule has 0 N–H and O–H groups in total. The lowest BCUT2D eigenvalue weighted by Gasteiger charge is -2.14. The minimum atomic E-state index is -0.179. The standard InChI is InChI=1S/C23H25NO4/c1-6-7-17-12-15-21(27-4)19(22(17)28-5)13-14-20(25)16-8-10-18(11-9-16)23(26)24(2)3/h6,8-15H,1,7H2,2-5H3. The van der Waals surface area contributed by atoms with Crippen LogP contribution in [0.4, 0.5) is 0 Å². The Morgan fingerprint density at radius 1 is 1.00 bits per heavy atom. The molecule has 0 aliphatic carbocycles. The highest BCUT2D eigenvalue weighted by Gasteiger charge is 2.13. The van der Waals surface area contributed by atoms with Crippen LogP contribution in [0, 0.1) is 0 Å². The van der Waals surface area contributed by atoms with E-state index in [1.165, 1.54) is 11.0 Å².